The monoisotopic (exact) mass is 279 g/mol. The second-order valence-electron chi connectivity index (χ2n) is 6.36. The van der Waals surface area contributed by atoms with E-state index in [0.29, 0.717) is 11.6 Å². The first kappa shape index (κ1) is 12.5. The van der Waals surface area contributed by atoms with Gasteiger partial charge in [-0.15, -0.1) is 0 Å². The third-order valence-electron chi connectivity index (χ3n) is 4.62. The molecule has 2 bridgehead atoms. The van der Waals surface area contributed by atoms with E-state index in [2.05, 4.69) is 33.2 Å². The smallest absolute Gasteiger partial charge is 0.140 e. The summed E-state index contributed by atoms with van der Waals surface area (Å²) in [5.41, 5.74) is 1.73. The van der Waals surface area contributed by atoms with Crippen LogP contribution in [-0.4, -0.2) is 34.6 Å². The van der Waals surface area contributed by atoms with E-state index in [4.69, 9.17) is 5.26 Å². The Balaban J connectivity index is 1.81. The number of hydrogen-bond donors (Lipinski definition) is 1. The molecule has 1 aromatic heterocycles. The highest BCUT2D eigenvalue weighted by atomic mass is 15.3. The van der Waals surface area contributed by atoms with Crippen LogP contribution in [0.3, 0.4) is 0 Å². The average molecular weight is 279 g/mol. The molecule has 0 radical (unpaired) electrons. The molecule has 4 rings (SSSR count). The molecule has 2 fully saturated rings. The summed E-state index contributed by atoms with van der Waals surface area (Å²) in [6.45, 7) is 4.20. The zero-order chi connectivity index (χ0) is 14.4. The van der Waals surface area contributed by atoms with Crippen LogP contribution in [0.5, 0.6) is 0 Å². The van der Waals surface area contributed by atoms with Gasteiger partial charge in [0.05, 0.1) is 17.1 Å². The van der Waals surface area contributed by atoms with Crippen molar-refractivity contribution in [2.75, 3.05) is 18.0 Å². The molecule has 0 aliphatic carbocycles. The Morgan fingerprint density at radius 2 is 2.33 bits per heavy atom. The number of piperazine rings is 1. The minimum Gasteiger partial charge on any atom is -0.353 e. The molecule has 0 unspecified atom stereocenters. The van der Waals surface area contributed by atoms with Crippen LogP contribution in [0.2, 0.25) is 0 Å². The van der Waals surface area contributed by atoms with Crippen LogP contribution in [0.15, 0.2) is 24.5 Å². The van der Waals surface area contributed by atoms with Crippen molar-refractivity contribution < 1.29 is 0 Å². The zero-order valence-corrected chi connectivity index (χ0v) is 12.0. The molecule has 2 saturated heterocycles. The quantitative estimate of drug-likeness (QED) is 0.862. The summed E-state index contributed by atoms with van der Waals surface area (Å²) < 4.78 is 0. The van der Waals surface area contributed by atoms with E-state index < -0.39 is 0 Å². The Hall–Kier alpha value is -2.19. The molecule has 1 N–H and O–H groups in total. The molecule has 0 spiro atoms. The summed E-state index contributed by atoms with van der Waals surface area (Å²) in [5, 5.41) is 13.8. The van der Waals surface area contributed by atoms with E-state index in [1.165, 1.54) is 12.8 Å². The fraction of sp³-hybridized carbons (Fsp3) is 0.438. The maximum absolute atomic E-state index is 9.12. The first-order valence-electron chi connectivity index (χ1n) is 7.34. The average Bonchev–Trinajstić information content (AvgIpc) is 2.78. The standard InChI is InChI=1S/C16H17N5/c1-16-5-4-12(20-16)8-21(9-16)15-13-6-11(7-17)2-3-14(13)18-10-19-15/h2-3,6,10,12,20H,4-5,8-9H2,1H3/t12-,16+/m1/s1. The van der Waals surface area contributed by atoms with Gasteiger partial charge in [-0.2, -0.15) is 5.26 Å². The van der Waals surface area contributed by atoms with Crippen molar-refractivity contribution in [2.45, 2.75) is 31.3 Å². The first-order valence-corrected chi connectivity index (χ1v) is 7.34. The van der Waals surface area contributed by atoms with E-state index >= 15 is 0 Å². The van der Waals surface area contributed by atoms with Crippen molar-refractivity contribution in [3.8, 4) is 6.07 Å². The van der Waals surface area contributed by atoms with Gasteiger partial charge in [-0.1, -0.05) is 0 Å². The van der Waals surface area contributed by atoms with E-state index in [0.717, 1.165) is 29.8 Å². The number of rotatable bonds is 1. The fourth-order valence-corrected chi connectivity index (χ4v) is 3.67. The first-order chi connectivity index (χ1) is 10.2. The van der Waals surface area contributed by atoms with Crippen LogP contribution in [0.25, 0.3) is 10.9 Å². The molecule has 2 aliphatic heterocycles. The molecule has 21 heavy (non-hydrogen) atoms. The van der Waals surface area contributed by atoms with E-state index in [1.54, 1.807) is 6.33 Å². The SMILES string of the molecule is C[C@]12CC[C@H](CN(c3ncnc4ccc(C#N)cc34)C1)N2. The molecule has 0 amide bonds. The molecule has 3 heterocycles. The van der Waals surface area contributed by atoms with Gasteiger partial charge in [-0.25, -0.2) is 9.97 Å². The highest BCUT2D eigenvalue weighted by molar-refractivity contribution is 5.90. The minimum absolute atomic E-state index is 0.174. The lowest BCUT2D eigenvalue weighted by Gasteiger charge is -2.40. The van der Waals surface area contributed by atoms with E-state index in [9.17, 15) is 0 Å². The topological polar surface area (TPSA) is 64.8 Å². The predicted octanol–water partition coefficient (Wildman–Crippen LogP) is 1.83. The fourth-order valence-electron chi connectivity index (χ4n) is 3.67. The molecule has 1 aromatic carbocycles. The van der Waals surface area contributed by atoms with E-state index in [1.807, 2.05) is 18.2 Å². The van der Waals surface area contributed by atoms with Crippen molar-refractivity contribution in [2.24, 2.45) is 0 Å². The van der Waals surface area contributed by atoms with E-state index in [-0.39, 0.29) is 5.54 Å². The summed E-state index contributed by atoms with van der Waals surface area (Å²) in [4.78, 5) is 11.2. The number of hydrogen-bond acceptors (Lipinski definition) is 5. The van der Waals surface area contributed by atoms with Gasteiger partial charge in [-0.3, -0.25) is 0 Å². The number of nitrogens with one attached hydrogen (secondary N) is 1. The van der Waals surface area contributed by atoms with Gasteiger partial charge in [-0.05, 0) is 38.0 Å². The van der Waals surface area contributed by atoms with Crippen molar-refractivity contribution >= 4 is 16.7 Å². The summed E-state index contributed by atoms with van der Waals surface area (Å²) in [6, 6.07) is 8.34. The number of nitriles is 1. The second kappa shape index (κ2) is 4.40. The molecule has 2 aliphatic rings. The van der Waals surface area contributed by atoms with Gasteiger partial charge < -0.3 is 10.2 Å². The second-order valence-corrected chi connectivity index (χ2v) is 6.36. The summed E-state index contributed by atoms with van der Waals surface area (Å²) in [7, 11) is 0. The largest absolute Gasteiger partial charge is 0.353 e. The lowest BCUT2D eigenvalue weighted by molar-refractivity contribution is 0.349. The van der Waals surface area contributed by atoms with Crippen molar-refractivity contribution in [1.82, 2.24) is 15.3 Å². The molecule has 5 nitrogen and oxygen atoms in total. The lowest BCUT2D eigenvalue weighted by Crippen LogP contribution is -2.58. The Morgan fingerprint density at radius 3 is 3.14 bits per heavy atom. The van der Waals surface area contributed by atoms with Gasteiger partial charge >= 0.3 is 0 Å². The molecule has 5 heteroatoms. The molecular formula is C16H17N5. The summed E-state index contributed by atoms with van der Waals surface area (Å²) >= 11 is 0. The van der Waals surface area contributed by atoms with Gasteiger partial charge in [0.2, 0.25) is 0 Å². The van der Waals surface area contributed by atoms with Crippen LogP contribution in [0.1, 0.15) is 25.3 Å². The number of aromatic nitrogens is 2. The Kier molecular flexibility index (Phi) is 2.63. The van der Waals surface area contributed by atoms with Gasteiger partial charge in [0.1, 0.15) is 12.1 Å². The number of benzene rings is 1. The maximum Gasteiger partial charge on any atom is 0.140 e. The third kappa shape index (κ3) is 2.03. The number of fused-ring (bicyclic) bond motifs is 3. The predicted molar refractivity (Wildman–Crippen MR) is 81.0 cm³/mol. The molecule has 2 aromatic rings. The highest BCUT2D eigenvalue weighted by Crippen LogP contribution is 2.33. The maximum atomic E-state index is 9.12. The molecule has 2 atom stereocenters. The van der Waals surface area contributed by atoms with Gasteiger partial charge in [0, 0.05) is 30.1 Å². The molecular weight excluding hydrogens is 262 g/mol. The van der Waals surface area contributed by atoms with Crippen LogP contribution in [0, 0.1) is 11.3 Å². The Bertz CT molecular complexity index is 750. The minimum atomic E-state index is 0.174. The van der Waals surface area contributed by atoms with Crippen LogP contribution in [-0.2, 0) is 0 Å². The van der Waals surface area contributed by atoms with Crippen LogP contribution < -0.4 is 10.2 Å². The highest BCUT2D eigenvalue weighted by Gasteiger charge is 2.41. The summed E-state index contributed by atoms with van der Waals surface area (Å²) in [5.74, 6) is 0.955. The molecule has 0 saturated carbocycles. The summed E-state index contributed by atoms with van der Waals surface area (Å²) in [6.07, 6.45) is 4.05. The molecule has 106 valence electrons. The Labute approximate surface area is 123 Å². The third-order valence-corrected chi connectivity index (χ3v) is 4.62. The number of nitrogens with zero attached hydrogens (tertiary/aromatic N) is 4. The van der Waals surface area contributed by atoms with Crippen molar-refractivity contribution in [1.29, 1.82) is 5.26 Å². The normalized spacial score (nSPS) is 27.8. The lowest BCUT2D eigenvalue weighted by atomic mass is 10.00. The van der Waals surface area contributed by atoms with Crippen LogP contribution in [0.4, 0.5) is 5.82 Å². The van der Waals surface area contributed by atoms with Gasteiger partial charge in [0.15, 0.2) is 0 Å². The zero-order valence-electron chi connectivity index (χ0n) is 12.0. The van der Waals surface area contributed by atoms with Gasteiger partial charge in [0.25, 0.3) is 0 Å². The van der Waals surface area contributed by atoms with Crippen LogP contribution >= 0.6 is 0 Å². The van der Waals surface area contributed by atoms with Crippen molar-refractivity contribution in [3.05, 3.63) is 30.1 Å². The Morgan fingerprint density at radius 1 is 1.43 bits per heavy atom. The number of anilines is 1. The van der Waals surface area contributed by atoms with Crippen molar-refractivity contribution in [3.63, 3.8) is 0 Å².